The van der Waals surface area contributed by atoms with Crippen LogP contribution < -0.4 is 15.5 Å². The first-order valence-electron chi connectivity index (χ1n) is 20.3. The Morgan fingerprint density at radius 1 is 0.842 bits per heavy atom. The number of alkyl halides is 3. The molecule has 3 N–H and O–H groups in total. The van der Waals surface area contributed by atoms with E-state index in [-0.39, 0.29) is 41.9 Å². The minimum atomic E-state index is -4.57. The summed E-state index contributed by atoms with van der Waals surface area (Å²) >= 11 is 0. The van der Waals surface area contributed by atoms with Crippen LogP contribution in [-0.2, 0) is 22.3 Å². The maximum Gasteiger partial charge on any atom is 0.416 e. The molecule has 1 saturated carbocycles. The number of halogens is 3. The van der Waals surface area contributed by atoms with E-state index in [1.165, 1.54) is 12.1 Å². The molecule has 4 aromatic rings. The molecule has 3 aromatic carbocycles. The van der Waals surface area contributed by atoms with Gasteiger partial charge in [0.15, 0.2) is 0 Å². The van der Waals surface area contributed by atoms with Crippen molar-refractivity contribution in [2.75, 3.05) is 56.1 Å². The van der Waals surface area contributed by atoms with Gasteiger partial charge in [-0.05, 0) is 111 Å². The summed E-state index contributed by atoms with van der Waals surface area (Å²) in [5.41, 5.74) is 3.81. The first-order chi connectivity index (χ1) is 27.5. The van der Waals surface area contributed by atoms with Crippen molar-refractivity contribution in [2.24, 2.45) is 5.92 Å². The number of imidazole rings is 1. The maximum absolute atomic E-state index is 13.4. The Morgan fingerprint density at radius 2 is 1.60 bits per heavy atom. The lowest BCUT2D eigenvalue weighted by atomic mass is 9.86. The summed E-state index contributed by atoms with van der Waals surface area (Å²) in [6, 6.07) is 19.2. The second-order valence-corrected chi connectivity index (χ2v) is 16.1. The summed E-state index contributed by atoms with van der Waals surface area (Å²) in [6.07, 6.45) is 1.74. The molecule has 0 radical (unpaired) electrons. The number of amides is 3. The lowest BCUT2D eigenvalue weighted by Gasteiger charge is -2.43. The molecule has 0 bridgehead atoms. The normalized spacial score (nSPS) is 23.2. The number of piperidine rings is 2. The highest BCUT2D eigenvalue weighted by Crippen LogP contribution is 2.38. The van der Waals surface area contributed by atoms with Crippen molar-refractivity contribution < 1.29 is 32.7 Å². The highest BCUT2D eigenvalue weighted by molar-refractivity contribution is 6.04. The molecular weight excluding hydrogens is 736 g/mol. The number of nitrogens with one attached hydrogen (secondary N) is 2. The standard InChI is InChI=1S/C43H50F3N7O4/c44-43(45,46)31-6-3-5-29(24-31)40(56)49-42-47-37-25-34(12-14-38(37)53(42)33-10-8-28(27-54)9-11-33)52-22-20-51(21-23-52)32-16-18-50(19-17-32)26-30-4-1-2-7-35(30)36-13-15-39(55)48-41(36)57/h1-7,12,14,24-25,28,32-33,36,54H,8-11,13,15-23,26-27H2,(H,47,49,56)(H,48,55,57). The van der Waals surface area contributed by atoms with Gasteiger partial charge in [-0.15, -0.1) is 0 Å². The second-order valence-electron chi connectivity index (χ2n) is 16.1. The van der Waals surface area contributed by atoms with E-state index in [1.807, 2.05) is 34.9 Å². The zero-order valence-corrected chi connectivity index (χ0v) is 32.0. The van der Waals surface area contributed by atoms with Crippen LogP contribution in [0.25, 0.3) is 11.0 Å². The third-order valence-corrected chi connectivity index (χ3v) is 12.6. The van der Waals surface area contributed by atoms with Crippen LogP contribution in [0.15, 0.2) is 66.7 Å². The summed E-state index contributed by atoms with van der Waals surface area (Å²) in [5, 5.41) is 15.1. The number of aromatic nitrogens is 2. The largest absolute Gasteiger partial charge is 0.416 e. The van der Waals surface area contributed by atoms with E-state index < -0.39 is 17.6 Å². The number of carbonyl (C=O) groups is 3. The van der Waals surface area contributed by atoms with Gasteiger partial charge in [0.1, 0.15) is 0 Å². The monoisotopic (exact) mass is 785 g/mol. The molecule has 3 saturated heterocycles. The van der Waals surface area contributed by atoms with Crippen molar-refractivity contribution in [1.29, 1.82) is 0 Å². The number of hydrogen-bond acceptors (Lipinski definition) is 8. The lowest BCUT2D eigenvalue weighted by Crippen LogP contribution is -2.53. The van der Waals surface area contributed by atoms with E-state index in [4.69, 9.17) is 4.98 Å². The zero-order chi connectivity index (χ0) is 39.7. The Balaban J connectivity index is 0.912. The Kier molecular flexibility index (Phi) is 11.4. The van der Waals surface area contributed by atoms with Crippen LogP contribution in [0.4, 0.5) is 24.8 Å². The number of carbonyl (C=O) groups excluding carboxylic acids is 3. The fraction of sp³-hybridized carbons (Fsp3) is 0.488. The molecule has 8 rings (SSSR count). The van der Waals surface area contributed by atoms with Crippen LogP contribution in [0.1, 0.15) is 90.4 Å². The van der Waals surface area contributed by atoms with Crippen LogP contribution in [0.5, 0.6) is 0 Å². The predicted octanol–water partition coefficient (Wildman–Crippen LogP) is 6.34. The molecule has 1 aromatic heterocycles. The SMILES string of the molecule is O=C1CCC(c2ccccc2CN2CCC(N3CCN(c4ccc5c(c4)nc(NC(=O)c4cccc(C(F)(F)F)c4)n5C4CCC(CO)CC4)CC3)CC2)C(=O)N1. The summed E-state index contributed by atoms with van der Waals surface area (Å²) in [6.45, 7) is 6.45. The number of imide groups is 1. The van der Waals surface area contributed by atoms with E-state index in [0.29, 0.717) is 30.3 Å². The molecule has 302 valence electrons. The number of anilines is 2. The quantitative estimate of drug-likeness (QED) is 0.168. The smallest absolute Gasteiger partial charge is 0.396 e. The van der Waals surface area contributed by atoms with Crippen molar-refractivity contribution in [1.82, 2.24) is 24.7 Å². The van der Waals surface area contributed by atoms with Crippen LogP contribution in [-0.4, -0.2) is 94.1 Å². The topological polar surface area (TPSA) is 123 Å². The first-order valence-corrected chi connectivity index (χ1v) is 20.3. The number of aliphatic hydroxyl groups excluding tert-OH is 1. The van der Waals surface area contributed by atoms with Crippen molar-refractivity contribution >= 4 is 40.4 Å². The third-order valence-electron chi connectivity index (χ3n) is 12.6. The molecule has 4 heterocycles. The summed E-state index contributed by atoms with van der Waals surface area (Å²) in [7, 11) is 0. The molecule has 3 amide bonds. The van der Waals surface area contributed by atoms with Gasteiger partial charge in [0.05, 0.1) is 22.5 Å². The molecule has 4 aliphatic rings. The Labute approximate surface area is 330 Å². The molecule has 4 fully saturated rings. The highest BCUT2D eigenvalue weighted by atomic mass is 19.4. The van der Waals surface area contributed by atoms with Gasteiger partial charge in [-0.2, -0.15) is 13.2 Å². The van der Waals surface area contributed by atoms with Crippen molar-refractivity contribution in [3.8, 4) is 0 Å². The van der Waals surface area contributed by atoms with Gasteiger partial charge < -0.3 is 14.6 Å². The van der Waals surface area contributed by atoms with E-state index in [0.717, 1.165) is 119 Å². The molecular formula is C43H50F3N7O4. The number of nitrogens with zero attached hydrogens (tertiary/aromatic N) is 5. The lowest BCUT2D eigenvalue weighted by molar-refractivity contribution is -0.138. The fourth-order valence-electron chi connectivity index (χ4n) is 9.37. The van der Waals surface area contributed by atoms with Gasteiger partial charge in [-0.25, -0.2) is 4.98 Å². The average molecular weight is 786 g/mol. The predicted molar refractivity (Wildman–Crippen MR) is 211 cm³/mol. The zero-order valence-electron chi connectivity index (χ0n) is 32.0. The number of hydrogen-bond donors (Lipinski definition) is 3. The van der Waals surface area contributed by atoms with Gasteiger partial charge in [0.2, 0.25) is 17.8 Å². The van der Waals surface area contributed by atoms with E-state index in [1.54, 1.807) is 0 Å². The Bertz CT molecular complexity index is 2100. The number of rotatable bonds is 9. The molecule has 57 heavy (non-hydrogen) atoms. The molecule has 1 unspecified atom stereocenters. The third kappa shape index (κ3) is 8.58. The average Bonchev–Trinajstić information content (AvgIpc) is 3.58. The summed E-state index contributed by atoms with van der Waals surface area (Å²) in [5.74, 6) is -0.799. The number of likely N-dealkylation sites (tertiary alicyclic amines) is 1. The van der Waals surface area contributed by atoms with Gasteiger partial charge in [-0.1, -0.05) is 30.3 Å². The highest BCUT2D eigenvalue weighted by Gasteiger charge is 2.33. The van der Waals surface area contributed by atoms with Crippen molar-refractivity contribution in [3.63, 3.8) is 0 Å². The molecule has 3 aliphatic heterocycles. The number of benzene rings is 3. The van der Waals surface area contributed by atoms with E-state index >= 15 is 0 Å². The fourth-order valence-corrected chi connectivity index (χ4v) is 9.37. The Hall–Kier alpha value is -4.79. The Morgan fingerprint density at radius 3 is 2.32 bits per heavy atom. The van der Waals surface area contributed by atoms with Gasteiger partial charge in [-0.3, -0.25) is 34.8 Å². The van der Waals surface area contributed by atoms with Gasteiger partial charge >= 0.3 is 6.18 Å². The van der Waals surface area contributed by atoms with E-state index in [2.05, 4.69) is 37.5 Å². The van der Waals surface area contributed by atoms with Crippen LogP contribution in [0, 0.1) is 5.92 Å². The van der Waals surface area contributed by atoms with E-state index in [9.17, 15) is 32.7 Å². The van der Waals surface area contributed by atoms with Crippen molar-refractivity contribution in [3.05, 3.63) is 89.0 Å². The van der Waals surface area contributed by atoms with Crippen LogP contribution in [0.3, 0.4) is 0 Å². The molecule has 0 spiro atoms. The number of fused-ring (bicyclic) bond motifs is 1. The number of aliphatic hydroxyl groups is 1. The molecule has 1 atom stereocenters. The minimum absolute atomic E-state index is 0.0236. The van der Waals surface area contributed by atoms with Gasteiger partial charge in [0, 0.05) is 69.1 Å². The first kappa shape index (κ1) is 39.1. The molecule has 14 heteroatoms. The van der Waals surface area contributed by atoms with Gasteiger partial charge in [0.25, 0.3) is 5.91 Å². The summed E-state index contributed by atoms with van der Waals surface area (Å²) in [4.78, 5) is 50.0. The summed E-state index contributed by atoms with van der Waals surface area (Å²) < 4.78 is 42.3. The number of piperazine rings is 1. The van der Waals surface area contributed by atoms with Crippen LogP contribution in [0.2, 0.25) is 0 Å². The van der Waals surface area contributed by atoms with Crippen molar-refractivity contribution in [2.45, 2.75) is 82.1 Å². The maximum atomic E-state index is 13.4. The molecule has 11 nitrogen and oxygen atoms in total. The minimum Gasteiger partial charge on any atom is -0.396 e. The second kappa shape index (κ2) is 16.6. The molecule has 1 aliphatic carbocycles. The van der Waals surface area contributed by atoms with Crippen LogP contribution >= 0.6 is 0 Å².